The van der Waals surface area contributed by atoms with Gasteiger partial charge in [0.1, 0.15) is 24.1 Å². The predicted octanol–water partition coefficient (Wildman–Crippen LogP) is 3.97. The van der Waals surface area contributed by atoms with Crippen molar-refractivity contribution in [3.63, 3.8) is 0 Å². The first kappa shape index (κ1) is 16.8. The minimum atomic E-state index is 0.375. The number of aromatic nitrogens is 3. The molecule has 0 spiro atoms. The summed E-state index contributed by atoms with van der Waals surface area (Å²) < 4.78 is 7.84. The summed E-state index contributed by atoms with van der Waals surface area (Å²) in [6.45, 7) is 1.19. The molecule has 0 bridgehead atoms. The van der Waals surface area contributed by atoms with Crippen molar-refractivity contribution in [1.82, 2.24) is 14.5 Å². The Bertz CT molecular complexity index is 1080. The smallest absolute Gasteiger partial charge is 0.178 e. The molecule has 0 aliphatic heterocycles. The number of rotatable bonds is 6. The van der Waals surface area contributed by atoms with Gasteiger partial charge in [0.15, 0.2) is 5.65 Å². The minimum Gasteiger partial charge on any atom is -0.492 e. The van der Waals surface area contributed by atoms with Gasteiger partial charge < -0.3 is 9.30 Å². The maximum absolute atomic E-state index is 8.91. The van der Waals surface area contributed by atoms with Gasteiger partial charge in [0.05, 0.1) is 18.4 Å². The lowest BCUT2D eigenvalue weighted by Crippen LogP contribution is -2.07. The van der Waals surface area contributed by atoms with Crippen LogP contribution >= 0.6 is 0 Å². The number of benzene rings is 2. The fourth-order valence-corrected chi connectivity index (χ4v) is 2.98. The molecule has 0 atom stereocenters. The van der Waals surface area contributed by atoms with Gasteiger partial charge in [-0.1, -0.05) is 42.5 Å². The van der Waals surface area contributed by atoms with E-state index in [1.54, 1.807) is 12.4 Å². The van der Waals surface area contributed by atoms with E-state index in [1.165, 1.54) is 11.1 Å². The monoisotopic (exact) mass is 354 g/mol. The average Bonchev–Trinajstić information content (AvgIpc) is 3.12. The molecule has 4 rings (SSSR count). The van der Waals surface area contributed by atoms with Gasteiger partial charge in [0, 0.05) is 0 Å². The number of nitrogens with zero attached hydrogens (tertiary/aromatic N) is 4. The summed E-state index contributed by atoms with van der Waals surface area (Å²) in [5.41, 5.74) is 4.41. The SMILES string of the molecule is N#Cc1ccc2c(ncn2CCOc2ccc(Cc3ccccc3)cc2)n1. The molecule has 0 aliphatic carbocycles. The molecule has 5 nitrogen and oxygen atoms in total. The van der Waals surface area contributed by atoms with Crippen molar-refractivity contribution in [2.24, 2.45) is 0 Å². The maximum Gasteiger partial charge on any atom is 0.178 e. The van der Waals surface area contributed by atoms with Gasteiger partial charge in [0.2, 0.25) is 0 Å². The molecular formula is C22H18N4O. The van der Waals surface area contributed by atoms with Crippen molar-refractivity contribution < 1.29 is 4.74 Å². The van der Waals surface area contributed by atoms with E-state index >= 15 is 0 Å². The Hall–Kier alpha value is -3.65. The zero-order chi connectivity index (χ0) is 18.5. The Morgan fingerprint density at radius 1 is 0.926 bits per heavy atom. The molecule has 0 saturated carbocycles. The number of ether oxygens (including phenoxy) is 1. The van der Waals surface area contributed by atoms with Crippen molar-refractivity contribution in [2.45, 2.75) is 13.0 Å². The second-order valence-electron chi connectivity index (χ2n) is 6.24. The third kappa shape index (κ3) is 3.96. The first-order valence-electron chi connectivity index (χ1n) is 8.79. The summed E-state index contributed by atoms with van der Waals surface area (Å²) in [5.74, 6) is 0.848. The van der Waals surface area contributed by atoms with E-state index in [9.17, 15) is 0 Å². The van der Waals surface area contributed by atoms with Gasteiger partial charge in [-0.05, 0) is 41.8 Å². The van der Waals surface area contributed by atoms with Crippen LogP contribution in [0.25, 0.3) is 11.2 Å². The lowest BCUT2D eigenvalue weighted by atomic mass is 10.1. The molecule has 0 amide bonds. The number of hydrogen-bond donors (Lipinski definition) is 0. The van der Waals surface area contributed by atoms with Gasteiger partial charge in [-0.25, -0.2) is 9.97 Å². The number of pyridine rings is 1. The molecule has 2 aromatic carbocycles. The highest BCUT2D eigenvalue weighted by atomic mass is 16.5. The molecule has 132 valence electrons. The molecule has 4 aromatic rings. The van der Waals surface area contributed by atoms with Crippen LogP contribution in [0.15, 0.2) is 73.1 Å². The number of fused-ring (bicyclic) bond motifs is 1. The second kappa shape index (κ2) is 7.71. The van der Waals surface area contributed by atoms with E-state index in [0.717, 1.165) is 17.7 Å². The van der Waals surface area contributed by atoms with E-state index in [0.29, 0.717) is 24.5 Å². The van der Waals surface area contributed by atoms with Crippen molar-refractivity contribution in [3.05, 3.63) is 89.9 Å². The molecule has 0 radical (unpaired) electrons. The molecule has 5 heteroatoms. The zero-order valence-corrected chi connectivity index (χ0v) is 14.7. The summed E-state index contributed by atoms with van der Waals surface area (Å²) >= 11 is 0. The zero-order valence-electron chi connectivity index (χ0n) is 14.7. The molecule has 0 unspecified atom stereocenters. The largest absolute Gasteiger partial charge is 0.492 e. The fraction of sp³-hybridized carbons (Fsp3) is 0.136. The third-order valence-electron chi connectivity index (χ3n) is 4.37. The Morgan fingerprint density at radius 2 is 1.70 bits per heavy atom. The lowest BCUT2D eigenvalue weighted by molar-refractivity contribution is 0.300. The Balaban J connectivity index is 1.35. The minimum absolute atomic E-state index is 0.375. The molecule has 0 aliphatic rings. The maximum atomic E-state index is 8.91. The molecule has 0 saturated heterocycles. The summed E-state index contributed by atoms with van der Waals surface area (Å²) in [5, 5.41) is 8.91. The first-order chi connectivity index (χ1) is 13.3. The van der Waals surface area contributed by atoms with Gasteiger partial charge in [-0.2, -0.15) is 5.26 Å². The van der Waals surface area contributed by atoms with Crippen LogP contribution in [0.5, 0.6) is 5.75 Å². The summed E-state index contributed by atoms with van der Waals surface area (Å²) in [6, 6.07) is 24.2. The van der Waals surface area contributed by atoms with Crippen molar-refractivity contribution in [3.8, 4) is 11.8 Å². The third-order valence-corrected chi connectivity index (χ3v) is 4.37. The van der Waals surface area contributed by atoms with Crippen LogP contribution in [0.1, 0.15) is 16.8 Å². The van der Waals surface area contributed by atoms with E-state index in [4.69, 9.17) is 10.00 Å². The summed E-state index contributed by atoms with van der Waals surface area (Å²) in [6.07, 6.45) is 2.64. The Kier molecular flexibility index (Phi) is 4.80. The number of hydrogen-bond acceptors (Lipinski definition) is 4. The van der Waals surface area contributed by atoms with Crippen LogP contribution in [0.2, 0.25) is 0 Å². The number of nitriles is 1. The van der Waals surface area contributed by atoms with Crippen molar-refractivity contribution in [2.75, 3.05) is 6.61 Å². The fourth-order valence-electron chi connectivity index (χ4n) is 2.98. The molecule has 27 heavy (non-hydrogen) atoms. The van der Waals surface area contributed by atoms with Gasteiger partial charge >= 0.3 is 0 Å². The van der Waals surface area contributed by atoms with Gasteiger partial charge in [-0.15, -0.1) is 0 Å². The normalized spacial score (nSPS) is 10.6. The van der Waals surface area contributed by atoms with E-state index < -0.39 is 0 Å². The van der Waals surface area contributed by atoms with Crippen LogP contribution in [0.3, 0.4) is 0 Å². The summed E-state index contributed by atoms with van der Waals surface area (Å²) in [7, 11) is 0. The van der Waals surface area contributed by atoms with Crippen LogP contribution in [-0.4, -0.2) is 21.1 Å². The quantitative estimate of drug-likeness (QED) is 0.525. The van der Waals surface area contributed by atoms with Gasteiger partial charge in [-0.3, -0.25) is 0 Å². The summed E-state index contributed by atoms with van der Waals surface area (Å²) in [4.78, 5) is 8.44. The average molecular weight is 354 g/mol. The second-order valence-corrected chi connectivity index (χ2v) is 6.24. The van der Waals surface area contributed by atoms with Crippen molar-refractivity contribution >= 4 is 11.2 Å². The molecule has 2 heterocycles. The highest BCUT2D eigenvalue weighted by molar-refractivity contribution is 5.71. The van der Waals surface area contributed by atoms with E-state index in [2.05, 4.69) is 46.4 Å². The highest BCUT2D eigenvalue weighted by Crippen LogP contribution is 2.16. The number of imidazole rings is 1. The topological polar surface area (TPSA) is 63.7 Å². The standard InChI is InChI=1S/C22H18N4O/c23-15-19-8-11-21-22(25-19)24-16-26(21)12-13-27-20-9-6-18(7-10-20)14-17-4-2-1-3-5-17/h1-11,16H,12-14H2. The predicted molar refractivity (Wildman–Crippen MR) is 103 cm³/mol. The van der Waals surface area contributed by atoms with Crippen LogP contribution in [0, 0.1) is 11.3 Å². The molecule has 0 fully saturated rings. The molecule has 2 aromatic heterocycles. The van der Waals surface area contributed by atoms with Crippen LogP contribution < -0.4 is 4.74 Å². The first-order valence-corrected chi connectivity index (χ1v) is 8.79. The highest BCUT2D eigenvalue weighted by Gasteiger charge is 2.05. The van der Waals surface area contributed by atoms with E-state index in [-0.39, 0.29) is 0 Å². The molecular weight excluding hydrogens is 336 g/mol. The molecule has 0 N–H and O–H groups in total. The van der Waals surface area contributed by atoms with Crippen LogP contribution in [-0.2, 0) is 13.0 Å². The lowest BCUT2D eigenvalue weighted by Gasteiger charge is -2.09. The Morgan fingerprint density at radius 3 is 2.48 bits per heavy atom. The van der Waals surface area contributed by atoms with E-state index in [1.807, 2.05) is 34.9 Å². The Labute approximate surface area is 157 Å². The van der Waals surface area contributed by atoms with Crippen molar-refractivity contribution in [1.29, 1.82) is 5.26 Å². The van der Waals surface area contributed by atoms with Crippen LogP contribution in [0.4, 0.5) is 0 Å². The van der Waals surface area contributed by atoms with Gasteiger partial charge in [0.25, 0.3) is 0 Å².